The van der Waals surface area contributed by atoms with E-state index in [0.29, 0.717) is 19.6 Å². The van der Waals surface area contributed by atoms with Crippen molar-refractivity contribution in [3.8, 4) is 0 Å². The molecule has 1 saturated heterocycles. The first-order valence-electron chi connectivity index (χ1n) is 8.20. The van der Waals surface area contributed by atoms with E-state index < -0.39 is 0 Å². The fraction of sp³-hybridized carbons (Fsp3) is 0.688. The van der Waals surface area contributed by atoms with Crippen LogP contribution < -0.4 is 11.1 Å². The number of nitrogens with zero attached hydrogens (tertiary/aromatic N) is 3. The molecule has 0 saturated carbocycles. The van der Waals surface area contributed by atoms with Crippen LogP contribution in [0.5, 0.6) is 0 Å². The van der Waals surface area contributed by atoms with Crippen LogP contribution in [0, 0.1) is 12.8 Å². The molecular formula is C16H27N5O2. The molecule has 1 fully saturated rings. The summed E-state index contributed by atoms with van der Waals surface area (Å²) in [6.45, 7) is 7.73. The highest BCUT2D eigenvalue weighted by Crippen LogP contribution is 2.16. The number of rotatable bonds is 6. The number of aryl methyl sites for hydroxylation is 1. The zero-order chi connectivity index (χ0) is 17.0. The van der Waals surface area contributed by atoms with Crippen molar-refractivity contribution in [1.29, 1.82) is 0 Å². The molecule has 23 heavy (non-hydrogen) atoms. The largest absolute Gasteiger partial charge is 0.369 e. The van der Waals surface area contributed by atoms with Crippen LogP contribution in [0.3, 0.4) is 0 Å². The number of primary amides is 1. The number of carbonyl (C=O) groups is 2. The van der Waals surface area contributed by atoms with E-state index in [9.17, 15) is 9.59 Å². The maximum Gasteiger partial charge on any atom is 0.239 e. The van der Waals surface area contributed by atoms with E-state index in [-0.39, 0.29) is 29.8 Å². The lowest BCUT2D eigenvalue weighted by Crippen LogP contribution is -2.52. The fourth-order valence-electron chi connectivity index (χ4n) is 3.08. The van der Waals surface area contributed by atoms with Gasteiger partial charge in [-0.25, -0.2) is 0 Å². The third-order valence-electron chi connectivity index (χ3n) is 4.26. The van der Waals surface area contributed by atoms with Gasteiger partial charge < -0.3 is 16.0 Å². The number of nitrogens with two attached hydrogens (primary N) is 1. The number of amides is 2. The van der Waals surface area contributed by atoms with Gasteiger partial charge in [0, 0.05) is 25.3 Å². The van der Waals surface area contributed by atoms with Crippen LogP contribution >= 0.6 is 0 Å². The third kappa shape index (κ3) is 4.79. The molecular weight excluding hydrogens is 294 g/mol. The molecule has 2 heterocycles. The average molecular weight is 321 g/mol. The molecule has 3 atom stereocenters. The molecule has 0 bridgehead atoms. The molecule has 2 amide bonds. The fourth-order valence-corrected chi connectivity index (χ4v) is 3.08. The average Bonchev–Trinajstić information content (AvgIpc) is 2.91. The van der Waals surface area contributed by atoms with Crippen LogP contribution in [0.2, 0.25) is 0 Å². The van der Waals surface area contributed by atoms with Gasteiger partial charge in [0.1, 0.15) is 0 Å². The van der Waals surface area contributed by atoms with E-state index in [1.54, 1.807) is 4.90 Å². The highest BCUT2D eigenvalue weighted by molar-refractivity contribution is 5.83. The summed E-state index contributed by atoms with van der Waals surface area (Å²) in [4.78, 5) is 25.6. The highest BCUT2D eigenvalue weighted by atomic mass is 16.2. The summed E-state index contributed by atoms with van der Waals surface area (Å²) >= 11 is 0. The number of aromatic nitrogens is 2. The second-order valence-corrected chi connectivity index (χ2v) is 6.55. The summed E-state index contributed by atoms with van der Waals surface area (Å²) in [7, 11) is 0. The summed E-state index contributed by atoms with van der Waals surface area (Å²) in [5.41, 5.74) is 6.49. The van der Waals surface area contributed by atoms with Gasteiger partial charge in [0.05, 0.1) is 24.7 Å². The number of piperidine rings is 1. The van der Waals surface area contributed by atoms with Gasteiger partial charge in [-0.2, -0.15) is 5.10 Å². The van der Waals surface area contributed by atoms with E-state index in [1.807, 2.05) is 37.8 Å². The molecule has 0 aromatic carbocycles. The minimum Gasteiger partial charge on any atom is -0.369 e. The van der Waals surface area contributed by atoms with Crippen molar-refractivity contribution in [3.63, 3.8) is 0 Å². The normalized spacial score (nSPS) is 21.0. The molecule has 128 valence electrons. The van der Waals surface area contributed by atoms with Gasteiger partial charge in [0.25, 0.3) is 0 Å². The molecule has 2 rings (SSSR count). The number of hydrogen-bond donors (Lipinski definition) is 2. The number of nitrogens with one attached hydrogen (secondary N) is 1. The van der Waals surface area contributed by atoms with Gasteiger partial charge >= 0.3 is 0 Å². The third-order valence-corrected chi connectivity index (χ3v) is 4.26. The molecule has 1 aromatic heterocycles. The first-order valence-corrected chi connectivity index (χ1v) is 8.20. The number of likely N-dealkylation sites (tertiary alicyclic amines) is 1. The lowest BCUT2D eigenvalue weighted by atomic mass is 9.97. The second kappa shape index (κ2) is 7.59. The summed E-state index contributed by atoms with van der Waals surface area (Å²) in [6, 6.07) is -0.182. The minimum atomic E-state index is -0.314. The topological polar surface area (TPSA) is 93.2 Å². The van der Waals surface area contributed by atoms with E-state index in [2.05, 4.69) is 10.4 Å². The standard InChI is InChI=1S/C16H27N5O2/c1-11-7-18-21(8-11)9-12(2)19-13(3)16(23)20-6-4-5-14(10-20)15(17)22/h7-8,12-14,19H,4-6,9-10H2,1-3H3,(H2,17,22)/t12-,13-,14-/m0/s1. The molecule has 0 radical (unpaired) electrons. The Balaban J connectivity index is 1.85. The predicted octanol–water partition coefficient (Wildman–Crippen LogP) is 0.282. The Morgan fingerprint density at radius 2 is 2.22 bits per heavy atom. The Bertz CT molecular complexity index is 556. The first kappa shape index (κ1) is 17.5. The van der Waals surface area contributed by atoms with Crippen LogP contribution in [0.15, 0.2) is 12.4 Å². The van der Waals surface area contributed by atoms with Crippen molar-refractivity contribution in [2.45, 2.75) is 52.2 Å². The van der Waals surface area contributed by atoms with Crippen LogP contribution in [0.25, 0.3) is 0 Å². The Hall–Kier alpha value is -1.89. The van der Waals surface area contributed by atoms with Crippen molar-refractivity contribution in [2.24, 2.45) is 11.7 Å². The zero-order valence-corrected chi connectivity index (χ0v) is 14.2. The summed E-state index contributed by atoms with van der Waals surface area (Å²) < 4.78 is 1.87. The summed E-state index contributed by atoms with van der Waals surface area (Å²) in [6.07, 6.45) is 5.40. The van der Waals surface area contributed by atoms with Crippen LogP contribution in [0.1, 0.15) is 32.3 Å². The molecule has 7 nitrogen and oxygen atoms in total. The van der Waals surface area contributed by atoms with Crippen LogP contribution in [0.4, 0.5) is 0 Å². The summed E-state index contributed by atoms with van der Waals surface area (Å²) in [5, 5.41) is 7.57. The number of carbonyl (C=O) groups excluding carboxylic acids is 2. The Kier molecular flexibility index (Phi) is 5.76. The van der Waals surface area contributed by atoms with Crippen molar-refractivity contribution < 1.29 is 9.59 Å². The molecule has 1 aliphatic heterocycles. The monoisotopic (exact) mass is 321 g/mol. The smallest absolute Gasteiger partial charge is 0.239 e. The molecule has 0 spiro atoms. The van der Waals surface area contributed by atoms with Crippen molar-refractivity contribution in [1.82, 2.24) is 20.0 Å². The Morgan fingerprint density at radius 3 is 2.83 bits per heavy atom. The molecule has 0 aliphatic carbocycles. The summed E-state index contributed by atoms with van der Waals surface area (Å²) in [5.74, 6) is -0.505. The van der Waals surface area contributed by atoms with Gasteiger partial charge in [-0.3, -0.25) is 14.3 Å². The SMILES string of the molecule is Cc1cnn(C[C@H](C)N[C@@H](C)C(=O)N2CCC[C@H](C(N)=O)C2)c1. The van der Waals surface area contributed by atoms with Gasteiger partial charge in [0.2, 0.25) is 11.8 Å². The maximum atomic E-state index is 12.5. The van der Waals surface area contributed by atoms with Crippen LogP contribution in [-0.2, 0) is 16.1 Å². The highest BCUT2D eigenvalue weighted by Gasteiger charge is 2.29. The first-order chi connectivity index (χ1) is 10.9. The van der Waals surface area contributed by atoms with E-state index in [1.165, 1.54) is 0 Å². The predicted molar refractivity (Wildman–Crippen MR) is 87.5 cm³/mol. The van der Waals surface area contributed by atoms with E-state index in [0.717, 1.165) is 18.4 Å². The second-order valence-electron chi connectivity index (χ2n) is 6.55. The number of hydrogen-bond acceptors (Lipinski definition) is 4. The Morgan fingerprint density at radius 1 is 1.48 bits per heavy atom. The van der Waals surface area contributed by atoms with Crippen molar-refractivity contribution in [2.75, 3.05) is 13.1 Å². The zero-order valence-electron chi connectivity index (χ0n) is 14.2. The molecule has 1 aliphatic rings. The van der Waals surface area contributed by atoms with Crippen molar-refractivity contribution >= 4 is 11.8 Å². The van der Waals surface area contributed by atoms with Gasteiger partial charge in [0.15, 0.2) is 0 Å². The molecule has 7 heteroatoms. The van der Waals surface area contributed by atoms with Crippen LogP contribution in [-0.4, -0.2) is 51.7 Å². The molecule has 1 aromatic rings. The van der Waals surface area contributed by atoms with Gasteiger partial charge in [-0.15, -0.1) is 0 Å². The maximum absolute atomic E-state index is 12.5. The van der Waals surface area contributed by atoms with Gasteiger partial charge in [-0.1, -0.05) is 0 Å². The lowest BCUT2D eigenvalue weighted by molar-refractivity contribution is -0.136. The molecule has 0 unspecified atom stereocenters. The van der Waals surface area contributed by atoms with E-state index >= 15 is 0 Å². The quantitative estimate of drug-likeness (QED) is 0.787. The van der Waals surface area contributed by atoms with E-state index in [4.69, 9.17) is 5.73 Å². The van der Waals surface area contributed by atoms with Crippen molar-refractivity contribution in [3.05, 3.63) is 18.0 Å². The molecule has 3 N–H and O–H groups in total. The Labute approximate surface area is 137 Å². The van der Waals surface area contributed by atoms with Gasteiger partial charge in [-0.05, 0) is 39.2 Å². The minimum absolute atomic E-state index is 0.0273. The lowest BCUT2D eigenvalue weighted by Gasteiger charge is -2.33.